The van der Waals surface area contributed by atoms with Crippen LogP contribution in [0.2, 0.25) is 0 Å². The molecular weight excluding hydrogens is 479 g/mol. The summed E-state index contributed by atoms with van der Waals surface area (Å²) in [5, 5.41) is 0. The fourth-order valence-electron chi connectivity index (χ4n) is 3.45. The van der Waals surface area contributed by atoms with E-state index in [-0.39, 0.29) is 6.07 Å². The van der Waals surface area contributed by atoms with Gasteiger partial charge in [-0.25, -0.2) is 35.1 Å². The van der Waals surface area contributed by atoms with Gasteiger partial charge < -0.3 is 14.2 Å². The van der Waals surface area contributed by atoms with E-state index in [1.807, 2.05) is 0 Å². The topological polar surface area (TPSA) is 27.7 Å². The molecule has 0 bridgehead atoms. The maximum absolute atomic E-state index is 15.2. The van der Waals surface area contributed by atoms with E-state index in [1.54, 1.807) is 0 Å². The molecule has 0 aliphatic heterocycles. The Labute approximate surface area is 186 Å². The predicted octanol–water partition coefficient (Wildman–Crippen LogP) is 3.34. The van der Waals surface area contributed by atoms with Crippen LogP contribution in [0.1, 0.15) is 0 Å². The molecule has 0 fully saturated rings. The largest absolute Gasteiger partial charge is 0.498 e. The first-order valence-corrected chi connectivity index (χ1v) is 10.8. The second-order valence-corrected chi connectivity index (χ2v) is 9.24. The van der Waals surface area contributed by atoms with Gasteiger partial charge in [0.2, 0.25) is 0 Å². The molecule has 0 spiro atoms. The van der Waals surface area contributed by atoms with Crippen LogP contribution in [0, 0.1) is 46.5 Å². The zero-order valence-corrected chi connectivity index (χ0v) is 18.3. The van der Waals surface area contributed by atoms with Crippen molar-refractivity contribution >= 4 is 27.4 Å². The Morgan fingerprint density at radius 2 is 0.909 bits per heavy atom. The molecule has 0 unspecified atom stereocenters. The first-order chi connectivity index (χ1) is 15.6. The van der Waals surface area contributed by atoms with Gasteiger partial charge in [-0.1, -0.05) is 0 Å². The molecule has 33 heavy (non-hydrogen) atoms. The van der Waals surface area contributed by atoms with Crippen molar-refractivity contribution in [2.24, 2.45) is 0 Å². The van der Waals surface area contributed by atoms with Gasteiger partial charge in [-0.05, 0) is 13.3 Å². The van der Waals surface area contributed by atoms with Gasteiger partial charge in [0.1, 0.15) is 29.0 Å². The van der Waals surface area contributed by atoms with Crippen LogP contribution in [0.3, 0.4) is 0 Å². The average Bonchev–Trinajstić information content (AvgIpc) is 2.77. The minimum Gasteiger partial charge on any atom is -0.498 e. The van der Waals surface area contributed by atoms with Crippen LogP contribution in [-0.4, -0.2) is 35.5 Å². The molecule has 0 N–H and O–H groups in total. The number of hydrogen-bond donors (Lipinski definition) is 0. The Morgan fingerprint density at radius 3 is 1.30 bits per heavy atom. The summed E-state index contributed by atoms with van der Waals surface area (Å²) in [5.74, 6) is -15.5. The van der Waals surface area contributed by atoms with Crippen molar-refractivity contribution in [2.45, 2.75) is 0 Å². The smallest absolute Gasteiger partial charge is 0.414 e. The zero-order valence-electron chi connectivity index (χ0n) is 17.1. The van der Waals surface area contributed by atoms with Gasteiger partial charge in [-0.2, -0.15) is 0 Å². The fourth-order valence-corrected chi connectivity index (χ4v) is 6.73. The first kappa shape index (κ1) is 24.7. The normalized spacial score (nSPS) is 10.9. The lowest BCUT2D eigenvalue weighted by Gasteiger charge is -2.22. The SMILES string of the molecule is COc1cc(F)c(F)[c]([Al]([c]2c(F)cc(F)cc2OC)[c]2c(F)c(F)cc(OC)c2F)c1F. The molecule has 0 aromatic heterocycles. The fraction of sp³-hybridized carbons (Fsp3) is 0.143. The van der Waals surface area contributed by atoms with Crippen molar-refractivity contribution in [1.82, 2.24) is 0 Å². The molecule has 3 rings (SSSR count). The van der Waals surface area contributed by atoms with Crippen LogP contribution in [-0.2, 0) is 0 Å². The summed E-state index contributed by atoms with van der Waals surface area (Å²) in [7, 11) is 2.74. The van der Waals surface area contributed by atoms with Crippen molar-refractivity contribution in [3.63, 3.8) is 0 Å². The van der Waals surface area contributed by atoms with Gasteiger partial charge in [0.05, 0.1) is 21.3 Å². The highest BCUT2D eigenvalue weighted by Crippen LogP contribution is 2.25. The maximum atomic E-state index is 15.2. The Balaban J connectivity index is 2.59. The number of hydrogen-bond acceptors (Lipinski definition) is 3. The van der Waals surface area contributed by atoms with Crippen molar-refractivity contribution in [2.75, 3.05) is 21.3 Å². The Bertz CT molecular complexity index is 1170. The lowest BCUT2D eigenvalue weighted by Crippen LogP contribution is -2.58. The molecule has 0 saturated carbocycles. The molecule has 0 amide bonds. The predicted molar refractivity (Wildman–Crippen MR) is 103 cm³/mol. The molecule has 0 heterocycles. The number of methoxy groups -OCH3 is 3. The van der Waals surface area contributed by atoms with Gasteiger partial charge in [-0.3, -0.25) is 0 Å². The highest BCUT2D eigenvalue weighted by molar-refractivity contribution is 6.96. The summed E-state index contributed by atoms with van der Waals surface area (Å²) in [5.41, 5.74) is 0. The van der Waals surface area contributed by atoms with E-state index in [2.05, 4.69) is 9.47 Å². The van der Waals surface area contributed by atoms with Crippen LogP contribution in [0.15, 0.2) is 24.3 Å². The number of rotatable bonds is 6. The van der Waals surface area contributed by atoms with Crippen LogP contribution in [0.25, 0.3) is 0 Å². The van der Waals surface area contributed by atoms with Gasteiger partial charge in [-0.15, -0.1) is 0 Å². The zero-order chi connectivity index (χ0) is 24.6. The highest BCUT2D eigenvalue weighted by Gasteiger charge is 2.43. The van der Waals surface area contributed by atoms with Gasteiger partial charge in [0, 0.05) is 24.3 Å². The van der Waals surface area contributed by atoms with Gasteiger partial charge >= 0.3 is 14.1 Å². The van der Waals surface area contributed by atoms with Crippen molar-refractivity contribution in [3.8, 4) is 17.2 Å². The molecule has 0 aliphatic carbocycles. The summed E-state index contributed by atoms with van der Waals surface area (Å²) in [6.07, 6.45) is 0. The quantitative estimate of drug-likeness (QED) is 0.300. The second kappa shape index (κ2) is 9.49. The molecule has 3 aromatic carbocycles. The molecule has 12 heteroatoms. The number of ether oxygens (including phenoxy) is 3. The second-order valence-electron chi connectivity index (χ2n) is 6.64. The number of benzene rings is 3. The van der Waals surface area contributed by atoms with Crippen LogP contribution >= 0.6 is 0 Å². The van der Waals surface area contributed by atoms with Crippen LogP contribution in [0.5, 0.6) is 17.2 Å². The van der Waals surface area contributed by atoms with E-state index in [0.717, 1.165) is 21.3 Å². The molecular formula is C21H13AlF8O3. The minimum absolute atomic E-state index is 0.274. The molecule has 0 atom stereocenters. The molecule has 3 aromatic rings. The monoisotopic (exact) mass is 492 g/mol. The minimum atomic E-state index is -4.53. The third kappa shape index (κ3) is 4.20. The van der Waals surface area contributed by atoms with E-state index < -0.39 is 91.2 Å². The van der Waals surface area contributed by atoms with E-state index in [1.165, 1.54) is 0 Å². The summed E-state index contributed by atoms with van der Waals surface area (Å²) in [4.78, 5) is 0. The molecule has 174 valence electrons. The van der Waals surface area contributed by atoms with E-state index in [9.17, 15) is 26.3 Å². The third-order valence-electron chi connectivity index (χ3n) is 4.90. The van der Waals surface area contributed by atoms with Crippen LogP contribution < -0.4 is 27.5 Å². The Kier molecular flexibility index (Phi) is 7.09. The summed E-state index contributed by atoms with van der Waals surface area (Å²) in [6, 6.07) is 1.53. The number of halogens is 8. The molecule has 0 aliphatic rings. The lowest BCUT2D eigenvalue weighted by atomic mass is 10.3. The van der Waals surface area contributed by atoms with Crippen LogP contribution in [0.4, 0.5) is 35.1 Å². The Hall–Kier alpha value is -2.97. The van der Waals surface area contributed by atoms with Gasteiger partial charge in [0.15, 0.2) is 34.8 Å². The molecule has 0 radical (unpaired) electrons. The van der Waals surface area contributed by atoms with E-state index >= 15 is 8.78 Å². The highest BCUT2D eigenvalue weighted by atomic mass is 27.2. The third-order valence-corrected chi connectivity index (χ3v) is 8.20. The molecule has 3 nitrogen and oxygen atoms in total. The van der Waals surface area contributed by atoms with E-state index in [0.29, 0.717) is 18.2 Å². The summed E-state index contributed by atoms with van der Waals surface area (Å²) >= 11 is -4.53. The summed E-state index contributed by atoms with van der Waals surface area (Å²) in [6.45, 7) is 0. The van der Waals surface area contributed by atoms with Gasteiger partial charge in [0.25, 0.3) is 0 Å². The van der Waals surface area contributed by atoms with E-state index in [4.69, 9.17) is 4.74 Å². The van der Waals surface area contributed by atoms with Crippen molar-refractivity contribution in [1.29, 1.82) is 0 Å². The maximum Gasteiger partial charge on any atom is 0.414 e. The van der Waals surface area contributed by atoms with Crippen molar-refractivity contribution < 1.29 is 49.3 Å². The lowest BCUT2D eigenvalue weighted by molar-refractivity contribution is 0.378. The van der Waals surface area contributed by atoms with Crippen molar-refractivity contribution in [3.05, 3.63) is 70.8 Å². The summed E-state index contributed by atoms with van der Waals surface area (Å²) < 4.78 is 128. The molecule has 0 saturated heterocycles. The standard InChI is InChI=1S/2C7H4F3O.C7H5F2O.Al/c2*1-11-7-3-5(9)4(8)2-6(7)10;1-10-7-3-5(8)2-6(9)4-7;/h2*3H,1H3;2-3H,1H3;. The average molecular weight is 492 g/mol. The first-order valence-electron chi connectivity index (χ1n) is 9.02. The Morgan fingerprint density at radius 1 is 0.485 bits per heavy atom.